The van der Waals surface area contributed by atoms with Crippen molar-refractivity contribution in [2.24, 2.45) is 0 Å². The lowest BCUT2D eigenvalue weighted by Gasteiger charge is -2.11. The molecule has 0 aliphatic rings. The Hall–Kier alpha value is -3.39. The molecule has 2 aromatic carbocycles. The molecule has 2 rings (SSSR count). The van der Waals surface area contributed by atoms with Crippen molar-refractivity contribution in [1.82, 2.24) is 0 Å². The highest BCUT2D eigenvalue weighted by atomic mass is 35.5. The summed E-state index contributed by atoms with van der Waals surface area (Å²) in [5.74, 6) is -1.32. The Balaban J connectivity index is 1.74. The van der Waals surface area contributed by atoms with E-state index < -0.39 is 24.4 Å². The normalized spacial score (nSPS) is 10.1. The van der Waals surface area contributed by atoms with Gasteiger partial charge < -0.3 is 20.1 Å². The molecule has 0 aromatic heterocycles. The molecule has 0 aliphatic carbocycles. The Bertz CT molecular complexity index is 943. The fourth-order valence-corrected chi connectivity index (χ4v) is 2.58. The number of rotatable bonds is 9. The summed E-state index contributed by atoms with van der Waals surface area (Å²) in [6.45, 7) is 0.938. The molecule has 0 saturated heterocycles. The zero-order valence-electron chi connectivity index (χ0n) is 16.5. The second-order valence-electron chi connectivity index (χ2n) is 6.24. The van der Waals surface area contributed by atoms with Gasteiger partial charge in [-0.25, -0.2) is 0 Å². The second-order valence-corrected chi connectivity index (χ2v) is 6.67. The number of anilines is 2. The molecule has 0 spiro atoms. The molecule has 30 heavy (non-hydrogen) atoms. The Labute approximate surface area is 178 Å². The summed E-state index contributed by atoms with van der Waals surface area (Å²) in [5.41, 5.74) is 1.39. The number of carbonyl (C=O) groups excluding carboxylic acids is 4. The van der Waals surface area contributed by atoms with Crippen molar-refractivity contribution in [3.8, 4) is 5.75 Å². The Kier molecular flexibility index (Phi) is 8.37. The van der Waals surface area contributed by atoms with Crippen molar-refractivity contribution in [1.29, 1.82) is 0 Å². The van der Waals surface area contributed by atoms with Gasteiger partial charge in [-0.05, 0) is 49.4 Å². The standard InChI is InChI=1S/C21H21ClN2O6/c1-13(25)14-3-6-16(7-4-14)23-19(26)9-10-21(28)30-12-20(27)24-17-11-15(22)5-8-18(17)29-2/h3-8,11H,9-10,12H2,1-2H3,(H,23,26)(H,24,27). The highest BCUT2D eigenvalue weighted by Gasteiger charge is 2.13. The molecule has 0 fully saturated rings. The van der Waals surface area contributed by atoms with E-state index in [1.807, 2.05) is 0 Å². The van der Waals surface area contributed by atoms with Gasteiger partial charge in [-0.1, -0.05) is 11.6 Å². The van der Waals surface area contributed by atoms with Gasteiger partial charge in [0.05, 0.1) is 19.2 Å². The molecule has 158 valence electrons. The van der Waals surface area contributed by atoms with Crippen LogP contribution in [0.5, 0.6) is 5.75 Å². The van der Waals surface area contributed by atoms with Gasteiger partial charge in [0, 0.05) is 22.7 Å². The number of Topliss-reactive ketones (excluding diaryl/α,β-unsaturated/α-hetero) is 1. The molecule has 8 nitrogen and oxygen atoms in total. The average Bonchev–Trinajstić information content (AvgIpc) is 2.71. The number of halogens is 1. The lowest BCUT2D eigenvalue weighted by Crippen LogP contribution is -2.22. The number of nitrogens with one attached hydrogen (secondary N) is 2. The van der Waals surface area contributed by atoms with Crippen LogP contribution < -0.4 is 15.4 Å². The van der Waals surface area contributed by atoms with E-state index >= 15 is 0 Å². The molecule has 0 heterocycles. The molecule has 0 atom stereocenters. The fourth-order valence-electron chi connectivity index (χ4n) is 2.41. The van der Waals surface area contributed by atoms with Crippen molar-refractivity contribution >= 4 is 46.5 Å². The second kappa shape index (κ2) is 11.0. The number of benzene rings is 2. The van der Waals surface area contributed by atoms with Crippen LogP contribution in [0.1, 0.15) is 30.1 Å². The van der Waals surface area contributed by atoms with E-state index in [9.17, 15) is 19.2 Å². The first-order valence-electron chi connectivity index (χ1n) is 8.98. The SMILES string of the molecule is COc1ccc(Cl)cc1NC(=O)COC(=O)CCC(=O)Nc1ccc(C(C)=O)cc1. The molecular formula is C21H21ClN2O6. The van der Waals surface area contributed by atoms with Gasteiger partial charge in [0.25, 0.3) is 5.91 Å². The Morgan fingerprint density at radius 2 is 1.63 bits per heavy atom. The largest absolute Gasteiger partial charge is 0.495 e. The van der Waals surface area contributed by atoms with E-state index in [0.717, 1.165) is 0 Å². The maximum Gasteiger partial charge on any atom is 0.306 e. The smallest absolute Gasteiger partial charge is 0.306 e. The van der Waals surface area contributed by atoms with E-state index in [1.54, 1.807) is 36.4 Å². The minimum absolute atomic E-state index is 0.0755. The summed E-state index contributed by atoms with van der Waals surface area (Å²) in [6, 6.07) is 11.1. The van der Waals surface area contributed by atoms with Crippen LogP contribution in [-0.2, 0) is 19.1 Å². The van der Waals surface area contributed by atoms with Gasteiger partial charge in [-0.15, -0.1) is 0 Å². The monoisotopic (exact) mass is 432 g/mol. The first-order chi connectivity index (χ1) is 14.3. The number of methoxy groups -OCH3 is 1. The third-order valence-electron chi connectivity index (χ3n) is 3.93. The summed E-state index contributed by atoms with van der Waals surface area (Å²) in [5, 5.41) is 5.56. The van der Waals surface area contributed by atoms with Crippen LogP contribution in [0.3, 0.4) is 0 Å². The number of hydrogen-bond acceptors (Lipinski definition) is 6. The molecule has 0 bridgehead atoms. The molecule has 0 radical (unpaired) electrons. The lowest BCUT2D eigenvalue weighted by atomic mass is 10.1. The first-order valence-corrected chi connectivity index (χ1v) is 9.36. The topological polar surface area (TPSA) is 111 Å². The lowest BCUT2D eigenvalue weighted by molar-refractivity contribution is -0.147. The quantitative estimate of drug-likeness (QED) is 0.463. The van der Waals surface area contributed by atoms with Gasteiger partial charge in [0.1, 0.15) is 5.75 Å². The highest BCUT2D eigenvalue weighted by molar-refractivity contribution is 6.31. The van der Waals surface area contributed by atoms with Crippen LogP contribution in [0.4, 0.5) is 11.4 Å². The minimum atomic E-state index is -0.690. The van der Waals surface area contributed by atoms with Crippen LogP contribution in [0.15, 0.2) is 42.5 Å². The van der Waals surface area contributed by atoms with E-state index in [-0.39, 0.29) is 18.6 Å². The van der Waals surface area contributed by atoms with Gasteiger partial charge >= 0.3 is 5.97 Å². The number of esters is 1. The zero-order valence-corrected chi connectivity index (χ0v) is 17.2. The van der Waals surface area contributed by atoms with Crippen molar-refractivity contribution in [2.45, 2.75) is 19.8 Å². The van der Waals surface area contributed by atoms with Gasteiger partial charge in [0.2, 0.25) is 5.91 Å². The van der Waals surface area contributed by atoms with Crippen LogP contribution in [-0.4, -0.2) is 37.3 Å². The third kappa shape index (κ3) is 7.21. The summed E-state index contributed by atoms with van der Waals surface area (Å²) >= 11 is 5.89. The van der Waals surface area contributed by atoms with E-state index in [0.29, 0.717) is 27.7 Å². The van der Waals surface area contributed by atoms with E-state index in [2.05, 4.69) is 10.6 Å². The predicted molar refractivity (Wildman–Crippen MR) is 112 cm³/mol. The summed E-state index contributed by atoms with van der Waals surface area (Å²) in [6.07, 6.45) is -0.303. The van der Waals surface area contributed by atoms with Gasteiger partial charge in [-0.3, -0.25) is 19.2 Å². The van der Waals surface area contributed by atoms with Crippen molar-refractivity contribution in [2.75, 3.05) is 24.4 Å². The van der Waals surface area contributed by atoms with Gasteiger partial charge in [0.15, 0.2) is 12.4 Å². The Morgan fingerprint density at radius 1 is 0.933 bits per heavy atom. The van der Waals surface area contributed by atoms with E-state index in [4.69, 9.17) is 21.1 Å². The molecule has 0 unspecified atom stereocenters. The number of ketones is 1. The van der Waals surface area contributed by atoms with Crippen molar-refractivity contribution < 1.29 is 28.7 Å². The first kappa shape index (κ1) is 22.9. The molecule has 2 aromatic rings. The van der Waals surface area contributed by atoms with Crippen LogP contribution in [0.2, 0.25) is 5.02 Å². The number of hydrogen-bond donors (Lipinski definition) is 2. The maximum absolute atomic E-state index is 12.0. The molecule has 9 heteroatoms. The number of carbonyl (C=O) groups is 4. The van der Waals surface area contributed by atoms with Crippen LogP contribution >= 0.6 is 11.6 Å². The van der Waals surface area contributed by atoms with E-state index in [1.165, 1.54) is 20.1 Å². The predicted octanol–water partition coefficient (Wildman–Crippen LogP) is 3.45. The molecule has 0 aliphatic heterocycles. The zero-order chi connectivity index (χ0) is 22.1. The fraction of sp³-hybridized carbons (Fsp3) is 0.238. The third-order valence-corrected chi connectivity index (χ3v) is 4.17. The molecular weight excluding hydrogens is 412 g/mol. The van der Waals surface area contributed by atoms with Crippen LogP contribution in [0, 0.1) is 0 Å². The summed E-state index contributed by atoms with van der Waals surface area (Å²) < 4.78 is 10.00. The van der Waals surface area contributed by atoms with Crippen molar-refractivity contribution in [3.63, 3.8) is 0 Å². The average molecular weight is 433 g/mol. The Morgan fingerprint density at radius 3 is 2.27 bits per heavy atom. The maximum atomic E-state index is 12.0. The van der Waals surface area contributed by atoms with Crippen molar-refractivity contribution in [3.05, 3.63) is 53.1 Å². The number of ether oxygens (including phenoxy) is 2. The van der Waals surface area contributed by atoms with Gasteiger partial charge in [-0.2, -0.15) is 0 Å². The number of amides is 2. The highest BCUT2D eigenvalue weighted by Crippen LogP contribution is 2.27. The summed E-state index contributed by atoms with van der Waals surface area (Å²) in [7, 11) is 1.45. The molecule has 2 amide bonds. The molecule has 2 N–H and O–H groups in total. The van der Waals surface area contributed by atoms with Crippen LogP contribution in [0.25, 0.3) is 0 Å². The summed E-state index contributed by atoms with van der Waals surface area (Å²) in [4.78, 5) is 46.9. The minimum Gasteiger partial charge on any atom is -0.495 e. The molecule has 0 saturated carbocycles.